The van der Waals surface area contributed by atoms with E-state index >= 15 is 0 Å². The van der Waals surface area contributed by atoms with Crippen molar-refractivity contribution in [3.63, 3.8) is 0 Å². The minimum Gasteiger partial charge on any atom is -0.497 e. The lowest BCUT2D eigenvalue weighted by molar-refractivity contribution is 0.0933. The number of carbonyl (C=O) groups is 1. The first-order valence-electron chi connectivity index (χ1n) is 9.50. The van der Waals surface area contributed by atoms with Gasteiger partial charge in [-0.15, -0.1) is 11.3 Å². The molecule has 1 aromatic carbocycles. The Morgan fingerprint density at radius 1 is 1.11 bits per heavy atom. The SMILES string of the molecule is COc1cc(OC)cc(C(=O)NCC(c2cccs2)N2CCCCCC2)c1. The van der Waals surface area contributed by atoms with Crippen molar-refractivity contribution in [1.82, 2.24) is 10.2 Å². The third-order valence-electron chi connectivity index (χ3n) is 5.02. The molecule has 1 aromatic heterocycles. The third-order valence-corrected chi connectivity index (χ3v) is 6.00. The number of thiophene rings is 1. The van der Waals surface area contributed by atoms with E-state index in [0.29, 0.717) is 23.6 Å². The van der Waals surface area contributed by atoms with Gasteiger partial charge in [0.1, 0.15) is 11.5 Å². The van der Waals surface area contributed by atoms with Crippen molar-refractivity contribution in [1.29, 1.82) is 0 Å². The van der Waals surface area contributed by atoms with Crippen LogP contribution in [0.15, 0.2) is 35.7 Å². The molecule has 1 aliphatic rings. The van der Waals surface area contributed by atoms with Crippen LogP contribution < -0.4 is 14.8 Å². The Morgan fingerprint density at radius 2 is 1.78 bits per heavy atom. The first kappa shape index (κ1) is 19.7. The first-order valence-corrected chi connectivity index (χ1v) is 10.4. The summed E-state index contributed by atoms with van der Waals surface area (Å²) in [6.45, 7) is 2.77. The summed E-state index contributed by atoms with van der Waals surface area (Å²) >= 11 is 1.76. The molecule has 0 aliphatic carbocycles. The van der Waals surface area contributed by atoms with Crippen LogP contribution in [0.4, 0.5) is 0 Å². The molecule has 146 valence electrons. The fourth-order valence-corrected chi connectivity index (χ4v) is 4.39. The molecule has 2 aromatic rings. The molecule has 1 unspecified atom stereocenters. The van der Waals surface area contributed by atoms with E-state index in [2.05, 4.69) is 27.7 Å². The Labute approximate surface area is 165 Å². The molecular weight excluding hydrogens is 360 g/mol. The number of benzene rings is 1. The highest BCUT2D eigenvalue weighted by Gasteiger charge is 2.23. The summed E-state index contributed by atoms with van der Waals surface area (Å²) in [5, 5.41) is 5.23. The molecule has 1 N–H and O–H groups in total. The van der Waals surface area contributed by atoms with Crippen LogP contribution in [0.1, 0.15) is 47.0 Å². The minimum atomic E-state index is -0.108. The topological polar surface area (TPSA) is 50.8 Å². The second-order valence-electron chi connectivity index (χ2n) is 6.79. The number of likely N-dealkylation sites (tertiary alicyclic amines) is 1. The van der Waals surface area contributed by atoms with Crippen molar-refractivity contribution in [2.45, 2.75) is 31.7 Å². The molecule has 0 spiro atoms. The first-order chi connectivity index (χ1) is 13.2. The van der Waals surface area contributed by atoms with Gasteiger partial charge in [0.05, 0.1) is 20.3 Å². The smallest absolute Gasteiger partial charge is 0.251 e. The number of amides is 1. The summed E-state index contributed by atoms with van der Waals surface area (Å²) in [4.78, 5) is 16.6. The van der Waals surface area contributed by atoms with E-state index in [1.165, 1.54) is 30.6 Å². The Hall–Kier alpha value is -2.05. The molecule has 5 nitrogen and oxygen atoms in total. The van der Waals surface area contributed by atoms with Crippen LogP contribution in [-0.4, -0.2) is 44.7 Å². The Morgan fingerprint density at radius 3 is 2.33 bits per heavy atom. The predicted molar refractivity (Wildman–Crippen MR) is 109 cm³/mol. The third kappa shape index (κ3) is 5.23. The maximum atomic E-state index is 12.8. The summed E-state index contributed by atoms with van der Waals surface area (Å²) in [5.74, 6) is 1.12. The Balaban J connectivity index is 1.72. The predicted octanol–water partition coefficient (Wildman–Crippen LogP) is 4.11. The Bertz CT molecular complexity index is 703. The highest BCUT2D eigenvalue weighted by molar-refractivity contribution is 7.10. The molecule has 3 rings (SSSR count). The van der Waals surface area contributed by atoms with Crippen LogP contribution in [0.5, 0.6) is 11.5 Å². The molecule has 0 bridgehead atoms. The minimum absolute atomic E-state index is 0.108. The molecule has 2 heterocycles. The van der Waals surface area contributed by atoms with Crippen molar-refractivity contribution >= 4 is 17.2 Å². The second kappa shape index (κ2) is 9.76. The van der Waals surface area contributed by atoms with Crippen molar-refractivity contribution in [3.05, 3.63) is 46.2 Å². The van der Waals surface area contributed by atoms with Gasteiger partial charge in [0, 0.05) is 23.1 Å². The molecule has 6 heteroatoms. The van der Waals surface area contributed by atoms with Gasteiger partial charge in [-0.25, -0.2) is 0 Å². The van der Waals surface area contributed by atoms with Crippen LogP contribution in [0.3, 0.4) is 0 Å². The molecule has 0 radical (unpaired) electrons. The van der Waals surface area contributed by atoms with E-state index in [4.69, 9.17) is 9.47 Å². The van der Waals surface area contributed by atoms with E-state index in [-0.39, 0.29) is 11.9 Å². The monoisotopic (exact) mass is 388 g/mol. The van der Waals surface area contributed by atoms with E-state index in [9.17, 15) is 4.79 Å². The average molecular weight is 389 g/mol. The van der Waals surface area contributed by atoms with Crippen molar-refractivity contribution in [2.24, 2.45) is 0 Å². The lowest BCUT2D eigenvalue weighted by atomic mass is 10.1. The zero-order valence-electron chi connectivity index (χ0n) is 16.1. The molecule has 1 amide bonds. The maximum Gasteiger partial charge on any atom is 0.251 e. The number of carbonyl (C=O) groups excluding carboxylic acids is 1. The lowest BCUT2D eigenvalue weighted by Crippen LogP contribution is -2.38. The van der Waals surface area contributed by atoms with Gasteiger partial charge in [-0.05, 0) is 49.5 Å². The molecule has 1 atom stereocenters. The molecule has 1 fully saturated rings. The number of nitrogens with one attached hydrogen (secondary N) is 1. The van der Waals surface area contributed by atoms with Gasteiger partial charge in [0.2, 0.25) is 0 Å². The van der Waals surface area contributed by atoms with Gasteiger partial charge < -0.3 is 14.8 Å². The average Bonchev–Trinajstić information content (AvgIpc) is 3.10. The zero-order valence-corrected chi connectivity index (χ0v) is 16.9. The fraction of sp³-hybridized carbons (Fsp3) is 0.476. The quantitative estimate of drug-likeness (QED) is 0.775. The van der Waals surface area contributed by atoms with Gasteiger partial charge in [0.15, 0.2) is 0 Å². The Kier molecular flexibility index (Phi) is 7.12. The van der Waals surface area contributed by atoms with Crippen LogP contribution in [0.2, 0.25) is 0 Å². The van der Waals surface area contributed by atoms with Crippen molar-refractivity contribution in [3.8, 4) is 11.5 Å². The van der Waals surface area contributed by atoms with E-state index in [0.717, 1.165) is 13.1 Å². The van der Waals surface area contributed by atoms with Crippen molar-refractivity contribution < 1.29 is 14.3 Å². The van der Waals surface area contributed by atoms with Crippen molar-refractivity contribution in [2.75, 3.05) is 33.9 Å². The van der Waals surface area contributed by atoms with Gasteiger partial charge in [0.25, 0.3) is 5.91 Å². The van der Waals surface area contributed by atoms with E-state index in [1.807, 2.05) is 0 Å². The van der Waals surface area contributed by atoms with Crippen LogP contribution >= 0.6 is 11.3 Å². The van der Waals surface area contributed by atoms with Crippen LogP contribution in [0.25, 0.3) is 0 Å². The highest BCUT2D eigenvalue weighted by Crippen LogP contribution is 2.28. The van der Waals surface area contributed by atoms with Gasteiger partial charge in [-0.2, -0.15) is 0 Å². The number of nitrogens with zero attached hydrogens (tertiary/aromatic N) is 1. The van der Waals surface area contributed by atoms with Crippen LogP contribution in [-0.2, 0) is 0 Å². The highest BCUT2D eigenvalue weighted by atomic mass is 32.1. The summed E-state index contributed by atoms with van der Waals surface area (Å²) in [5.41, 5.74) is 0.548. The maximum absolute atomic E-state index is 12.8. The molecular formula is C21H28N2O3S. The normalized spacial score (nSPS) is 16.4. The molecule has 27 heavy (non-hydrogen) atoms. The van der Waals surface area contributed by atoms with Gasteiger partial charge in [-0.3, -0.25) is 9.69 Å². The number of hydrogen-bond acceptors (Lipinski definition) is 5. The fourth-order valence-electron chi connectivity index (χ4n) is 3.53. The number of methoxy groups -OCH3 is 2. The molecule has 0 saturated carbocycles. The number of hydrogen-bond donors (Lipinski definition) is 1. The summed E-state index contributed by atoms with van der Waals surface area (Å²) in [6, 6.07) is 9.72. The summed E-state index contributed by atoms with van der Waals surface area (Å²) in [6.07, 6.45) is 5.04. The van der Waals surface area contributed by atoms with Gasteiger partial charge in [-0.1, -0.05) is 18.9 Å². The van der Waals surface area contributed by atoms with Gasteiger partial charge >= 0.3 is 0 Å². The largest absolute Gasteiger partial charge is 0.497 e. The molecule has 1 saturated heterocycles. The summed E-state index contributed by atoms with van der Waals surface area (Å²) < 4.78 is 10.5. The van der Waals surface area contributed by atoms with Crippen LogP contribution in [0, 0.1) is 0 Å². The summed E-state index contributed by atoms with van der Waals surface area (Å²) in [7, 11) is 3.17. The zero-order chi connectivity index (χ0) is 19.1. The number of ether oxygens (including phenoxy) is 2. The standard InChI is InChI=1S/C21H28N2O3S/c1-25-17-12-16(13-18(14-17)26-2)21(24)22-15-19(20-8-7-11-27-20)23-9-5-3-4-6-10-23/h7-8,11-14,19H,3-6,9-10,15H2,1-2H3,(H,22,24). The molecule has 1 aliphatic heterocycles. The van der Waals surface area contributed by atoms with E-state index < -0.39 is 0 Å². The second-order valence-corrected chi connectivity index (χ2v) is 7.77. The number of rotatable bonds is 7. The lowest BCUT2D eigenvalue weighted by Gasteiger charge is -2.30. The van der Waals surface area contributed by atoms with E-state index in [1.54, 1.807) is 43.8 Å².